The average molecular weight is 368 g/mol. The number of nitrogens with one attached hydrogen (secondary N) is 1. The van der Waals surface area contributed by atoms with Crippen LogP contribution in [0.1, 0.15) is 22.8 Å². The molecule has 0 saturated heterocycles. The molecule has 0 heterocycles. The average Bonchev–Trinajstić information content (AvgIpc) is 2.53. The molecule has 0 bridgehead atoms. The van der Waals surface area contributed by atoms with Gasteiger partial charge in [0.15, 0.2) is 6.10 Å². The second kappa shape index (κ2) is 7.55. The van der Waals surface area contributed by atoms with Crippen LogP contribution in [0.15, 0.2) is 36.4 Å². The fourth-order valence-corrected chi connectivity index (χ4v) is 2.27. The molecule has 0 fully saturated rings. The van der Waals surface area contributed by atoms with Crippen LogP contribution in [0.5, 0.6) is 5.75 Å². The maximum atomic E-state index is 12.1. The van der Waals surface area contributed by atoms with E-state index in [-0.39, 0.29) is 11.3 Å². The van der Waals surface area contributed by atoms with E-state index < -0.39 is 18.0 Å². The zero-order valence-corrected chi connectivity index (χ0v) is 14.5. The lowest BCUT2D eigenvalue weighted by atomic mass is 10.1. The van der Waals surface area contributed by atoms with E-state index in [2.05, 4.69) is 5.32 Å². The predicted octanol–water partition coefficient (Wildman–Crippen LogP) is 4.19. The Morgan fingerprint density at radius 1 is 1.21 bits per heavy atom. The maximum absolute atomic E-state index is 12.1. The Morgan fingerprint density at radius 2 is 1.92 bits per heavy atom. The number of halogens is 2. The van der Waals surface area contributed by atoms with Gasteiger partial charge in [-0.15, -0.1) is 0 Å². The van der Waals surface area contributed by atoms with Gasteiger partial charge in [0.25, 0.3) is 5.91 Å². The van der Waals surface area contributed by atoms with Crippen LogP contribution < -0.4 is 5.32 Å². The minimum atomic E-state index is -1.09. The standard InChI is InChI=1S/C17H15Cl2NO4/c1-9-4-3-5-12(15(9)21)17(23)24-10(2)16(22)20-14-8-11(18)6-7-13(14)19/h3-8,10,21H,1-2H3,(H,20,22). The van der Waals surface area contributed by atoms with Crippen molar-refractivity contribution in [3.05, 3.63) is 57.6 Å². The normalized spacial score (nSPS) is 11.7. The number of aromatic hydroxyl groups is 1. The van der Waals surface area contributed by atoms with E-state index in [1.807, 2.05) is 0 Å². The second-order valence-corrected chi connectivity index (χ2v) is 5.98. The SMILES string of the molecule is Cc1cccc(C(=O)OC(C)C(=O)Nc2cc(Cl)ccc2Cl)c1O. The lowest BCUT2D eigenvalue weighted by molar-refractivity contribution is -0.123. The van der Waals surface area contributed by atoms with Crippen LogP contribution in [0, 0.1) is 6.92 Å². The number of ether oxygens (including phenoxy) is 1. The summed E-state index contributed by atoms with van der Waals surface area (Å²) in [4.78, 5) is 24.2. The van der Waals surface area contributed by atoms with Gasteiger partial charge < -0.3 is 15.2 Å². The Labute approximate surface area is 149 Å². The molecule has 0 aromatic heterocycles. The molecule has 0 aliphatic heterocycles. The van der Waals surface area contributed by atoms with E-state index in [0.29, 0.717) is 21.3 Å². The molecule has 0 spiro atoms. The number of carbonyl (C=O) groups is 2. The number of benzene rings is 2. The lowest BCUT2D eigenvalue weighted by Gasteiger charge is -2.15. The topological polar surface area (TPSA) is 75.6 Å². The second-order valence-electron chi connectivity index (χ2n) is 5.13. The first-order valence-corrected chi connectivity index (χ1v) is 7.80. The van der Waals surface area contributed by atoms with Gasteiger partial charge in [-0.2, -0.15) is 0 Å². The lowest BCUT2D eigenvalue weighted by Crippen LogP contribution is -2.30. The van der Waals surface area contributed by atoms with Crippen LogP contribution in [0.2, 0.25) is 10.0 Å². The van der Waals surface area contributed by atoms with Crippen molar-refractivity contribution in [3.8, 4) is 5.75 Å². The number of hydrogen-bond donors (Lipinski definition) is 2. The Kier molecular flexibility index (Phi) is 5.70. The highest BCUT2D eigenvalue weighted by Crippen LogP contribution is 2.26. The monoisotopic (exact) mass is 367 g/mol. The van der Waals surface area contributed by atoms with E-state index >= 15 is 0 Å². The van der Waals surface area contributed by atoms with Crippen molar-refractivity contribution in [2.24, 2.45) is 0 Å². The first kappa shape index (κ1) is 18.1. The highest BCUT2D eigenvalue weighted by atomic mass is 35.5. The molecule has 1 amide bonds. The molecule has 0 saturated carbocycles. The van der Waals surface area contributed by atoms with Gasteiger partial charge in [0, 0.05) is 5.02 Å². The van der Waals surface area contributed by atoms with Crippen molar-refractivity contribution < 1.29 is 19.4 Å². The van der Waals surface area contributed by atoms with Gasteiger partial charge in [-0.1, -0.05) is 35.3 Å². The molecule has 2 aromatic carbocycles. The van der Waals surface area contributed by atoms with Crippen LogP contribution in [-0.2, 0) is 9.53 Å². The van der Waals surface area contributed by atoms with E-state index in [0.717, 1.165) is 0 Å². The molecule has 0 aliphatic carbocycles. The molecule has 126 valence electrons. The van der Waals surface area contributed by atoms with Crippen LogP contribution in [-0.4, -0.2) is 23.1 Å². The molecular weight excluding hydrogens is 353 g/mol. The number of anilines is 1. The van der Waals surface area contributed by atoms with Gasteiger partial charge in [-0.05, 0) is 43.7 Å². The van der Waals surface area contributed by atoms with Gasteiger partial charge in [0.2, 0.25) is 0 Å². The Morgan fingerprint density at radius 3 is 2.62 bits per heavy atom. The minimum Gasteiger partial charge on any atom is -0.507 e. The van der Waals surface area contributed by atoms with Crippen molar-refractivity contribution in [3.63, 3.8) is 0 Å². The molecule has 2 N–H and O–H groups in total. The van der Waals surface area contributed by atoms with E-state index in [1.54, 1.807) is 31.2 Å². The largest absolute Gasteiger partial charge is 0.507 e. The van der Waals surface area contributed by atoms with E-state index in [4.69, 9.17) is 27.9 Å². The van der Waals surface area contributed by atoms with Crippen LogP contribution in [0.4, 0.5) is 5.69 Å². The molecule has 0 aliphatic rings. The highest BCUT2D eigenvalue weighted by molar-refractivity contribution is 6.35. The number of phenols is 1. The summed E-state index contributed by atoms with van der Waals surface area (Å²) >= 11 is 11.8. The molecule has 1 atom stereocenters. The zero-order chi connectivity index (χ0) is 17.9. The maximum Gasteiger partial charge on any atom is 0.342 e. The predicted molar refractivity (Wildman–Crippen MR) is 92.8 cm³/mol. The number of phenolic OH excluding ortho intramolecular Hbond substituents is 1. The van der Waals surface area contributed by atoms with Gasteiger partial charge in [0.1, 0.15) is 11.3 Å². The summed E-state index contributed by atoms with van der Waals surface area (Å²) in [6.45, 7) is 3.07. The summed E-state index contributed by atoms with van der Waals surface area (Å²) in [7, 11) is 0. The number of hydrogen-bond acceptors (Lipinski definition) is 4. The number of esters is 1. The fourth-order valence-electron chi connectivity index (χ4n) is 1.93. The third-order valence-corrected chi connectivity index (χ3v) is 3.86. The summed E-state index contributed by atoms with van der Waals surface area (Å²) in [5.41, 5.74) is 0.846. The molecule has 2 aromatic rings. The summed E-state index contributed by atoms with van der Waals surface area (Å²) < 4.78 is 5.09. The van der Waals surface area contributed by atoms with Gasteiger partial charge in [0.05, 0.1) is 10.7 Å². The summed E-state index contributed by atoms with van der Waals surface area (Å²) in [6.07, 6.45) is -1.09. The van der Waals surface area contributed by atoms with Crippen molar-refractivity contribution in [1.29, 1.82) is 0 Å². The van der Waals surface area contributed by atoms with Crippen molar-refractivity contribution >= 4 is 40.8 Å². The Hall–Kier alpha value is -2.24. The molecule has 24 heavy (non-hydrogen) atoms. The van der Waals surface area contributed by atoms with Crippen molar-refractivity contribution in [1.82, 2.24) is 0 Å². The quantitative estimate of drug-likeness (QED) is 0.794. The van der Waals surface area contributed by atoms with Crippen LogP contribution in [0.3, 0.4) is 0 Å². The fraction of sp³-hybridized carbons (Fsp3) is 0.176. The molecular formula is C17H15Cl2NO4. The van der Waals surface area contributed by atoms with Crippen molar-refractivity contribution in [2.45, 2.75) is 20.0 Å². The molecule has 0 radical (unpaired) electrons. The Balaban J connectivity index is 2.07. The number of rotatable bonds is 4. The number of para-hydroxylation sites is 1. The molecule has 7 heteroatoms. The number of aryl methyl sites for hydroxylation is 1. The summed E-state index contributed by atoms with van der Waals surface area (Å²) in [5.74, 6) is -1.54. The van der Waals surface area contributed by atoms with Gasteiger partial charge in [-0.3, -0.25) is 4.79 Å². The minimum absolute atomic E-state index is 0.00422. The summed E-state index contributed by atoms with van der Waals surface area (Å²) in [5, 5.41) is 13.1. The van der Waals surface area contributed by atoms with Crippen LogP contribution >= 0.6 is 23.2 Å². The molecule has 5 nitrogen and oxygen atoms in total. The van der Waals surface area contributed by atoms with Gasteiger partial charge >= 0.3 is 5.97 Å². The van der Waals surface area contributed by atoms with Crippen molar-refractivity contribution in [2.75, 3.05) is 5.32 Å². The Bertz CT molecular complexity index is 792. The smallest absolute Gasteiger partial charge is 0.342 e. The van der Waals surface area contributed by atoms with Crippen LogP contribution in [0.25, 0.3) is 0 Å². The molecule has 1 unspecified atom stereocenters. The summed E-state index contributed by atoms with van der Waals surface area (Å²) in [6, 6.07) is 9.31. The highest BCUT2D eigenvalue weighted by Gasteiger charge is 2.22. The van der Waals surface area contributed by atoms with Gasteiger partial charge in [-0.25, -0.2) is 4.79 Å². The number of amides is 1. The number of carbonyl (C=O) groups excluding carboxylic acids is 2. The third kappa shape index (κ3) is 4.19. The first-order valence-electron chi connectivity index (χ1n) is 7.05. The third-order valence-electron chi connectivity index (χ3n) is 3.30. The first-order chi connectivity index (χ1) is 11.3. The molecule has 2 rings (SSSR count). The zero-order valence-electron chi connectivity index (χ0n) is 13.0. The van der Waals surface area contributed by atoms with E-state index in [1.165, 1.54) is 19.1 Å². The van der Waals surface area contributed by atoms with E-state index in [9.17, 15) is 14.7 Å².